The van der Waals surface area contributed by atoms with Gasteiger partial charge in [-0.2, -0.15) is 5.10 Å². The highest BCUT2D eigenvalue weighted by atomic mass is 35.5. The first-order valence-corrected chi connectivity index (χ1v) is 6.85. The highest BCUT2D eigenvalue weighted by Gasteiger charge is 2.04. The molecule has 112 valence electrons. The van der Waals surface area contributed by atoms with Gasteiger partial charge in [-0.25, -0.2) is 9.18 Å². The van der Waals surface area contributed by atoms with Crippen molar-refractivity contribution in [2.75, 3.05) is 6.54 Å². The molecule has 0 spiro atoms. The van der Waals surface area contributed by atoms with Crippen LogP contribution in [0.3, 0.4) is 0 Å². The summed E-state index contributed by atoms with van der Waals surface area (Å²) in [6, 6.07) is 4.07. The van der Waals surface area contributed by atoms with Gasteiger partial charge in [0.15, 0.2) is 0 Å². The molecule has 1 aromatic heterocycles. The van der Waals surface area contributed by atoms with Crippen molar-refractivity contribution >= 4 is 17.6 Å². The van der Waals surface area contributed by atoms with Crippen molar-refractivity contribution in [1.29, 1.82) is 0 Å². The molecule has 2 amide bonds. The Hall–Kier alpha value is -2.08. The molecule has 0 atom stereocenters. The number of rotatable bonds is 5. The van der Waals surface area contributed by atoms with Crippen LogP contribution >= 0.6 is 11.6 Å². The summed E-state index contributed by atoms with van der Waals surface area (Å²) in [5, 5.41) is 9.53. The summed E-state index contributed by atoms with van der Waals surface area (Å²) in [4.78, 5) is 11.6. The number of halogens is 2. The fourth-order valence-electron chi connectivity index (χ4n) is 1.82. The van der Waals surface area contributed by atoms with Crippen molar-refractivity contribution < 1.29 is 9.18 Å². The predicted molar refractivity (Wildman–Crippen MR) is 78.6 cm³/mol. The number of carbonyl (C=O) groups is 1. The number of aromatic nitrogens is 2. The quantitative estimate of drug-likeness (QED) is 0.890. The predicted octanol–water partition coefficient (Wildman–Crippen LogP) is 2.25. The van der Waals surface area contributed by atoms with E-state index in [4.69, 9.17) is 11.6 Å². The van der Waals surface area contributed by atoms with Gasteiger partial charge < -0.3 is 10.6 Å². The average molecular weight is 311 g/mol. The fraction of sp³-hybridized carbons (Fsp3) is 0.286. The first-order chi connectivity index (χ1) is 10.0. The lowest BCUT2D eigenvalue weighted by Gasteiger charge is -2.07. The van der Waals surface area contributed by atoms with E-state index in [-0.39, 0.29) is 11.1 Å². The maximum Gasteiger partial charge on any atom is 0.315 e. The molecule has 2 aromatic rings. The van der Waals surface area contributed by atoms with Crippen LogP contribution in [0.25, 0.3) is 0 Å². The third-order valence-corrected chi connectivity index (χ3v) is 3.18. The molecule has 1 aromatic carbocycles. The van der Waals surface area contributed by atoms with Gasteiger partial charge in [-0.1, -0.05) is 17.7 Å². The minimum absolute atomic E-state index is 0.0475. The second kappa shape index (κ2) is 7.08. The number of urea groups is 1. The van der Waals surface area contributed by atoms with Gasteiger partial charge in [-0.15, -0.1) is 0 Å². The molecule has 0 bridgehead atoms. The molecule has 7 heteroatoms. The molecule has 2 N–H and O–H groups in total. The summed E-state index contributed by atoms with van der Waals surface area (Å²) in [5.74, 6) is -0.471. The lowest BCUT2D eigenvalue weighted by atomic mass is 10.2. The second-order valence-corrected chi connectivity index (χ2v) is 5.04. The Balaban J connectivity index is 1.70. The topological polar surface area (TPSA) is 59.0 Å². The molecule has 0 fully saturated rings. The molecule has 2 rings (SSSR count). The highest BCUT2D eigenvalue weighted by Crippen LogP contribution is 2.15. The number of hydrogen-bond donors (Lipinski definition) is 2. The maximum atomic E-state index is 13.0. The van der Waals surface area contributed by atoms with E-state index in [1.165, 1.54) is 12.1 Å². The van der Waals surface area contributed by atoms with Crippen LogP contribution in [0.2, 0.25) is 5.02 Å². The van der Waals surface area contributed by atoms with Gasteiger partial charge in [0.1, 0.15) is 5.82 Å². The highest BCUT2D eigenvalue weighted by molar-refractivity contribution is 6.30. The van der Waals surface area contributed by atoms with E-state index in [1.807, 2.05) is 13.2 Å². The van der Waals surface area contributed by atoms with Gasteiger partial charge in [0, 0.05) is 26.3 Å². The van der Waals surface area contributed by atoms with Crippen molar-refractivity contribution in [1.82, 2.24) is 20.4 Å². The summed E-state index contributed by atoms with van der Waals surface area (Å²) in [7, 11) is 1.84. The van der Waals surface area contributed by atoms with E-state index in [0.717, 1.165) is 11.1 Å². The van der Waals surface area contributed by atoms with Crippen LogP contribution in [-0.2, 0) is 20.0 Å². The molecule has 1 heterocycles. The van der Waals surface area contributed by atoms with E-state index in [9.17, 15) is 9.18 Å². The minimum Gasteiger partial charge on any atom is -0.338 e. The number of benzene rings is 1. The van der Waals surface area contributed by atoms with Crippen LogP contribution < -0.4 is 10.6 Å². The van der Waals surface area contributed by atoms with Crippen LogP contribution in [0.4, 0.5) is 9.18 Å². The molecule has 0 aliphatic heterocycles. The molecule has 0 radical (unpaired) electrons. The van der Waals surface area contributed by atoms with Crippen molar-refractivity contribution in [3.63, 3.8) is 0 Å². The normalized spacial score (nSPS) is 10.4. The smallest absolute Gasteiger partial charge is 0.315 e. The summed E-state index contributed by atoms with van der Waals surface area (Å²) in [6.45, 7) is 0.806. The van der Waals surface area contributed by atoms with Crippen LogP contribution in [0, 0.1) is 5.82 Å². The Morgan fingerprint density at radius 2 is 2.19 bits per heavy atom. The zero-order valence-electron chi connectivity index (χ0n) is 11.6. The van der Waals surface area contributed by atoms with Crippen molar-refractivity contribution in [3.05, 3.63) is 52.6 Å². The average Bonchev–Trinajstić information content (AvgIpc) is 2.86. The van der Waals surface area contributed by atoms with Crippen LogP contribution in [-0.4, -0.2) is 22.4 Å². The molecule has 0 aliphatic rings. The monoisotopic (exact) mass is 310 g/mol. The summed E-state index contributed by atoms with van der Waals surface area (Å²) in [6.07, 6.45) is 4.38. The van der Waals surface area contributed by atoms with E-state index in [1.54, 1.807) is 16.9 Å². The first-order valence-electron chi connectivity index (χ1n) is 6.48. The molecule has 21 heavy (non-hydrogen) atoms. The van der Waals surface area contributed by atoms with E-state index in [2.05, 4.69) is 15.7 Å². The lowest BCUT2D eigenvalue weighted by molar-refractivity contribution is 0.240. The third kappa shape index (κ3) is 4.75. The molecule has 5 nitrogen and oxygen atoms in total. The molecule has 0 saturated heterocycles. The maximum absolute atomic E-state index is 13.0. The number of nitrogens with one attached hydrogen (secondary N) is 2. The molecule has 0 unspecified atom stereocenters. The van der Waals surface area contributed by atoms with Crippen molar-refractivity contribution in [2.45, 2.75) is 13.0 Å². The Morgan fingerprint density at radius 3 is 2.86 bits per heavy atom. The SMILES string of the molecule is Cn1cc(CCNC(=O)NCc2ccc(F)c(Cl)c2)cn1. The van der Waals surface area contributed by atoms with Crippen LogP contribution in [0.1, 0.15) is 11.1 Å². The van der Waals surface area contributed by atoms with Gasteiger partial charge >= 0.3 is 6.03 Å². The van der Waals surface area contributed by atoms with Crippen LogP contribution in [0.5, 0.6) is 0 Å². The largest absolute Gasteiger partial charge is 0.338 e. The Kier molecular flexibility index (Phi) is 5.16. The van der Waals surface area contributed by atoms with E-state index < -0.39 is 5.82 Å². The minimum atomic E-state index is -0.471. The van der Waals surface area contributed by atoms with E-state index >= 15 is 0 Å². The standard InChI is InChI=1S/C14H16ClFN4O/c1-20-9-11(8-19-20)4-5-17-14(21)18-7-10-2-3-13(16)12(15)6-10/h2-3,6,8-9H,4-5,7H2,1H3,(H2,17,18,21). The number of hydrogen-bond acceptors (Lipinski definition) is 2. The van der Waals surface area contributed by atoms with Crippen molar-refractivity contribution in [3.8, 4) is 0 Å². The van der Waals surface area contributed by atoms with Gasteiger partial charge in [0.25, 0.3) is 0 Å². The molecular formula is C14H16ClFN4O. The summed E-state index contributed by atoms with van der Waals surface area (Å²) < 4.78 is 14.7. The number of aryl methyl sites for hydroxylation is 1. The zero-order valence-corrected chi connectivity index (χ0v) is 12.3. The number of nitrogens with zero attached hydrogens (tertiary/aromatic N) is 2. The summed E-state index contributed by atoms with van der Waals surface area (Å²) in [5.41, 5.74) is 1.80. The van der Waals surface area contributed by atoms with Gasteiger partial charge in [-0.05, 0) is 29.7 Å². The number of amides is 2. The zero-order chi connectivity index (χ0) is 15.2. The van der Waals surface area contributed by atoms with Crippen molar-refractivity contribution in [2.24, 2.45) is 7.05 Å². The number of carbonyl (C=O) groups excluding carboxylic acids is 1. The van der Waals surface area contributed by atoms with Gasteiger partial charge in [0.2, 0.25) is 0 Å². The Bertz CT molecular complexity index is 629. The first kappa shape index (κ1) is 15.3. The van der Waals surface area contributed by atoms with Gasteiger partial charge in [0.05, 0.1) is 11.2 Å². The fourth-order valence-corrected chi connectivity index (χ4v) is 2.02. The second-order valence-electron chi connectivity index (χ2n) is 4.63. The summed E-state index contributed by atoms with van der Waals surface area (Å²) >= 11 is 5.67. The molecular weight excluding hydrogens is 295 g/mol. The van der Waals surface area contributed by atoms with Gasteiger partial charge in [-0.3, -0.25) is 4.68 Å². The Morgan fingerprint density at radius 1 is 1.38 bits per heavy atom. The molecule has 0 aliphatic carbocycles. The Labute approximate surface area is 127 Å². The molecule has 0 saturated carbocycles. The van der Waals surface area contributed by atoms with E-state index in [0.29, 0.717) is 19.5 Å². The van der Waals surface area contributed by atoms with Crippen LogP contribution in [0.15, 0.2) is 30.6 Å². The third-order valence-electron chi connectivity index (χ3n) is 2.89. The lowest BCUT2D eigenvalue weighted by Crippen LogP contribution is -2.36.